The number of rotatable bonds is 6. The van der Waals surface area contributed by atoms with Crippen molar-refractivity contribution in [3.8, 4) is 0 Å². The Morgan fingerprint density at radius 1 is 1.60 bits per heavy atom. The summed E-state index contributed by atoms with van der Waals surface area (Å²) in [6.45, 7) is 0.776. The van der Waals surface area contributed by atoms with Gasteiger partial charge in [-0.2, -0.15) is 0 Å². The van der Waals surface area contributed by atoms with E-state index in [2.05, 4.69) is 10.3 Å². The Balaban J connectivity index is 2.61. The van der Waals surface area contributed by atoms with Gasteiger partial charge in [0.2, 0.25) is 0 Å². The molecule has 1 rings (SSSR count). The summed E-state index contributed by atoms with van der Waals surface area (Å²) in [5.74, 6) is 0. The van der Waals surface area contributed by atoms with Gasteiger partial charge in [-0.1, -0.05) is 0 Å². The average molecular weight is 209 g/mol. The average Bonchev–Trinajstić information content (AvgIpc) is 2.26. The van der Waals surface area contributed by atoms with Gasteiger partial charge in [0.1, 0.15) is 0 Å². The predicted octanol–water partition coefficient (Wildman–Crippen LogP) is 1.35. The number of aromatic nitrogens is 1. The first kappa shape index (κ1) is 11.9. The number of nitrogens with two attached hydrogens (primary N) is 1. The Bertz CT molecular complexity index is 291. The van der Waals surface area contributed by atoms with Gasteiger partial charge in [-0.05, 0) is 26.0 Å². The van der Waals surface area contributed by atoms with Crippen LogP contribution in [0.2, 0.25) is 0 Å². The van der Waals surface area contributed by atoms with Gasteiger partial charge in [-0.25, -0.2) is 0 Å². The lowest BCUT2D eigenvalue weighted by atomic mass is 10.0. The number of nitrogens with zero attached hydrogens (tertiary/aromatic N) is 1. The minimum Gasteiger partial charge on any atom is -0.398 e. The Kier molecular flexibility index (Phi) is 5.07. The van der Waals surface area contributed by atoms with E-state index in [4.69, 9.17) is 10.5 Å². The molecule has 15 heavy (non-hydrogen) atoms. The zero-order valence-corrected chi connectivity index (χ0v) is 9.36. The number of pyridine rings is 1. The maximum Gasteiger partial charge on any atom is 0.0462 e. The molecule has 4 heteroatoms. The lowest BCUT2D eigenvalue weighted by Gasteiger charge is -2.17. The van der Waals surface area contributed by atoms with E-state index >= 15 is 0 Å². The molecule has 1 unspecified atom stereocenters. The van der Waals surface area contributed by atoms with Crippen molar-refractivity contribution in [3.63, 3.8) is 0 Å². The van der Waals surface area contributed by atoms with Crippen LogP contribution in [0.1, 0.15) is 24.4 Å². The van der Waals surface area contributed by atoms with Crippen LogP contribution < -0.4 is 11.1 Å². The molecule has 4 nitrogen and oxygen atoms in total. The van der Waals surface area contributed by atoms with E-state index in [9.17, 15) is 0 Å². The molecule has 1 aromatic rings. The van der Waals surface area contributed by atoms with Crippen LogP contribution in [0.4, 0.5) is 5.69 Å². The first-order chi connectivity index (χ1) is 7.29. The number of nitrogens with one attached hydrogen (secondary N) is 1. The van der Waals surface area contributed by atoms with Gasteiger partial charge in [0, 0.05) is 43.4 Å². The molecule has 0 spiro atoms. The quantitative estimate of drug-likeness (QED) is 0.694. The van der Waals surface area contributed by atoms with Gasteiger partial charge >= 0.3 is 0 Å². The van der Waals surface area contributed by atoms with Crippen LogP contribution in [0.3, 0.4) is 0 Å². The lowest BCUT2D eigenvalue weighted by Crippen LogP contribution is -2.18. The number of hydrogen-bond donors (Lipinski definition) is 2. The highest BCUT2D eigenvalue weighted by atomic mass is 16.5. The minimum absolute atomic E-state index is 0.258. The van der Waals surface area contributed by atoms with Crippen molar-refractivity contribution < 1.29 is 4.74 Å². The lowest BCUT2D eigenvalue weighted by molar-refractivity contribution is 0.189. The highest BCUT2D eigenvalue weighted by Gasteiger charge is 2.11. The number of anilines is 1. The molecule has 0 fully saturated rings. The summed E-state index contributed by atoms with van der Waals surface area (Å²) in [5.41, 5.74) is 7.75. The Hall–Kier alpha value is -1.13. The van der Waals surface area contributed by atoms with Crippen LogP contribution in [-0.2, 0) is 4.74 Å². The van der Waals surface area contributed by atoms with Crippen molar-refractivity contribution in [1.29, 1.82) is 0 Å². The predicted molar refractivity (Wildman–Crippen MR) is 61.6 cm³/mol. The van der Waals surface area contributed by atoms with E-state index < -0.39 is 0 Å². The first-order valence-corrected chi connectivity index (χ1v) is 5.15. The van der Waals surface area contributed by atoms with Gasteiger partial charge < -0.3 is 15.8 Å². The normalized spacial score (nSPS) is 12.7. The van der Waals surface area contributed by atoms with Crippen molar-refractivity contribution in [2.24, 2.45) is 0 Å². The summed E-state index contributed by atoms with van der Waals surface area (Å²) >= 11 is 0. The van der Waals surface area contributed by atoms with Gasteiger partial charge in [0.15, 0.2) is 0 Å². The standard InChI is InChI=1S/C11H19N3O/c1-13-11(4-3-7-15-2)9-8-14-6-5-10(9)12/h5-6,8,11,13H,3-4,7H2,1-2H3,(H2,12,14). The number of ether oxygens (including phenoxy) is 1. The van der Waals surface area contributed by atoms with E-state index in [1.807, 2.05) is 19.3 Å². The highest BCUT2D eigenvalue weighted by Crippen LogP contribution is 2.22. The molecule has 1 heterocycles. The molecule has 3 N–H and O–H groups in total. The molecule has 0 bridgehead atoms. The monoisotopic (exact) mass is 209 g/mol. The molecule has 1 aromatic heterocycles. The Morgan fingerprint density at radius 3 is 3.00 bits per heavy atom. The summed E-state index contributed by atoms with van der Waals surface area (Å²) in [5, 5.41) is 3.24. The summed E-state index contributed by atoms with van der Waals surface area (Å²) in [6.07, 6.45) is 5.54. The van der Waals surface area contributed by atoms with Crippen LogP contribution in [0.5, 0.6) is 0 Å². The second-order valence-corrected chi connectivity index (χ2v) is 3.48. The summed E-state index contributed by atoms with van der Waals surface area (Å²) < 4.78 is 5.03. The topological polar surface area (TPSA) is 60.2 Å². The first-order valence-electron chi connectivity index (χ1n) is 5.15. The molecule has 0 saturated heterocycles. The second kappa shape index (κ2) is 6.37. The second-order valence-electron chi connectivity index (χ2n) is 3.48. The number of hydrogen-bond acceptors (Lipinski definition) is 4. The smallest absolute Gasteiger partial charge is 0.0462 e. The van der Waals surface area contributed by atoms with Crippen molar-refractivity contribution in [1.82, 2.24) is 10.3 Å². The van der Waals surface area contributed by atoms with Gasteiger partial charge in [0.05, 0.1) is 0 Å². The molecule has 0 amide bonds. The summed E-state index contributed by atoms with van der Waals surface area (Å²) in [6, 6.07) is 2.09. The zero-order chi connectivity index (χ0) is 11.1. The number of nitrogen functional groups attached to an aromatic ring is 1. The molecule has 0 aliphatic rings. The summed E-state index contributed by atoms with van der Waals surface area (Å²) in [4.78, 5) is 4.09. The molecule has 0 saturated carbocycles. The largest absolute Gasteiger partial charge is 0.398 e. The van der Waals surface area contributed by atoms with Crippen molar-refractivity contribution >= 4 is 5.69 Å². The SMILES string of the molecule is CNC(CCCOC)c1cnccc1N. The Labute approximate surface area is 90.8 Å². The van der Waals surface area contributed by atoms with Crippen LogP contribution in [-0.4, -0.2) is 25.7 Å². The van der Waals surface area contributed by atoms with Crippen LogP contribution >= 0.6 is 0 Å². The number of methoxy groups -OCH3 is 1. The molecule has 0 aliphatic carbocycles. The third-order valence-corrected chi connectivity index (χ3v) is 2.45. The third kappa shape index (κ3) is 3.49. The third-order valence-electron chi connectivity index (χ3n) is 2.45. The van der Waals surface area contributed by atoms with Gasteiger partial charge in [0.25, 0.3) is 0 Å². The fraction of sp³-hybridized carbons (Fsp3) is 0.545. The molecule has 0 aromatic carbocycles. The van der Waals surface area contributed by atoms with Gasteiger partial charge in [-0.3, -0.25) is 4.98 Å². The van der Waals surface area contributed by atoms with E-state index in [-0.39, 0.29) is 6.04 Å². The molecule has 84 valence electrons. The van der Waals surface area contributed by atoms with Crippen molar-refractivity contribution in [2.45, 2.75) is 18.9 Å². The van der Waals surface area contributed by atoms with E-state index in [0.29, 0.717) is 0 Å². The fourth-order valence-electron chi connectivity index (χ4n) is 1.60. The van der Waals surface area contributed by atoms with E-state index in [1.165, 1.54) is 0 Å². The molecule has 0 aliphatic heterocycles. The molecule has 0 radical (unpaired) electrons. The van der Waals surface area contributed by atoms with E-state index in [0.717, 1.165) is 30.7 Å². The Morgan fingerprint density at radius 2 is 2.40 bits per heavy atom. The highest BCUT2D eigenvalue weighted by molar-refractivity contribution is 5.46. The van der Waals surface area contributed by atoms with Crippen LogP contribution in [0, 0.1) is 0 Å². The van der Waals surface area contributed by atoms with Crippen LogP contribution in [0.25, 0.3) is 0 Å². The summed E-state index contributed by atoms with van der Waals surface area (Å²) in [7, 11) is 3.65. The fourth-order valence-corrected chi connectivity index (χ4v) is 1.60. The molecule has 1 atom stereocenters. The maximum atomic E-state index is 5.89. The molecular formula is C11H19N3O. The zero-order valence-electron chi connectivity index (χ0n) is 9.36. The van der Waals surface area contributed by atoms with Gasteiger partial charge in [-0.15, -0.1) is 0 Å². The van der Waals surface area contributed by atoms with E-state index in [1.54, 1.807) is 13.3 Å². The van der Waals surface area contributed by atoms with Crippen molar-refractivity contribution in [2.75, 3.05) is 26.5 Å². The molecular weight excluding hydrogens is 190 g/mol. The maximum absolute atomic E-state index is 5.89. The van der Waals surface area contributed by atoms with Crippen molar-refractivity contribution in [3.05, 3.63) is 24.0 Å². The minimum atomic E-state index is 0.258. The van der Waals surface area contributed by atoms with Crippen LogP contribution in [0.15, 0.2) is 18.5 Å².